The second-order valence-electron chi connectivity index (χ2n) is 5.20. The molecule has 1 atom stereocenters. The Hall–Kier alpha value is -3.42. The lowest BCUT2D eigenvalue weighted by molar-refractivity contribution is -0.128. The zero-order valence-corrected chi connectivity index (χ0v) is 12.6. The van der Waals surface area contributed by atoms with Gasteiger partial charge in [0.2, 0.25) is 17.7 Å². The molecule has 0 unspecified atom stereocenters. The first kappa shape index (κ1) is 16.9. The second-order valence-corrected chi connectivity index (χ2v) is 5.20. The minimum absolute atomic E-state index is 0.150. The summed E-state index contributed by atoms with van der Waals surface area (Å²) in [4.78, 5) is 49.2. The fourth-order valence-corrected chi connectivity index (χ4v) is 2.55. The van der Waals surface area contributed by atoms with E-state index in [-0.39, 0.29) is 11.1 Å². The lowest BCUT2D eigenvalue weighted by Gasteiger charge is -2.16. The van der Waals surface area contributed by atoms with Crippen LogP contribution in [0.3, 0.4) is 0 Å². The highest BCUT2D eigenvalue weighted by molar-refractivity contribution is 6.04. The van der Waals surface area contributed by atoms with Crippen LogP contribution in [0.5, 0.6) is 0 Å². The lowest BCUT2D eigenvalue weighted by Crippen LogP contribution is -2.33. The number of benzene rings is 1. The van der Waals surface area contributed by atoms with Crippen LogP contribution in [0, 0.1) is 0 Å². The highest BCUT2D eigenvalue weighted by Gasteiger charge is 2.27. The van der Waals surface area contributed by atoms with Crippen molar-refractivity contribution in [3.63, 3.8) is 0 Å². The van der Waals surface area contributed by atoms with E-state index in [0.29, 0.717) is 5.56 Å². The molecule has 0 aliphatic carbocycles. The van der Waals surface area contributed by atoms with Gasteiger partial charge in [-0.05, 0) is 17.2 Å². The number of amides is 3. The molecular formula is C16H16N4O4. The first-order valence-electron chi connectivity index (χ1n) is 6.98. The molecule has 8 nitrogen and oxygen atoms in total. The standard InChI is InChI=1S/C16H16N4O4/c17-13(21)11(10-5-2-6-20-16(10)24)8-3-1-4-9(7-8)12(14(18)22)15(19)23/h1-7,11-12H,(H2,17,21)(H2,18,22)(H2,19,23)(H,20,24)/t11-/m1/s1. The van der Waals surface area contributed by atoms with Crippen molar-refractivity contribution in [2.24, 2.45) is 17.2 Å². The molecule has 24 heavy (non-hydrogen) atoms. The number of primary amides is 3. The third kappa shape index (κ3) is 3.32. The molecule has 0 radical (unpaired) electrons. The third-order valence-corrected chi connectivity index (χ3v) is 3.59. The van der Waals surface area contributed by atoms with Crippen molar-refractivity contribution in [1.29, 1.82) is 0 Å². The van der Waals surface area contributed by atoms with Gasteiger partial charge in [0.25, 0.3) is 5.56 Å². The fraction of sp³-hybridized carbons (Fsp3) is 0.125. The average Bonchev–Trinajstić information content (AvgIpc) is 2.49. The van der Waals surface area contributed by atoms with E-state index in [1.165, 1.54) is 30.5 Å². The fourth-order valence-electron chi connectivity index (χ4n) is 2.55. The number of hydrogen-bond donors (Lipinski definition) is 4. The van der Waals surface area contributed by atoms with Gasteiger partial charge in [0.1, 0.15) is 5.92 Å². The molecule has 3 amide bonds. The van der Waals surface area contributed by atoms with Gasteiger partial charge in [-0.15, -0.1) is 0 Å². The smallest absolute Gasteiger partial charge is 0.252 e. The van der Waals surface area contributed by atoms with Crippen LogP contribution in [0.1, 0.15) is 28.5 Å². The van der Waals surface area contributed by atoms with Gasteiger partial charge in [-0.3, -0.25) is 19.2 Å². The molecular weight excluding hydrogens is 312 g/mol. The summed E-state index contributed by atoms with van der Waals surface area (Å²) in [7, 11) is 0. The maximum atomic E-state index is 12.0. The molecule has 7 N–H and O–H groups in total. The molecule has 1 heterocycles. The van der Waals surface area contributed by atoms with E-state index in [4.69, 9.17) is 17.2 Å². The number of H-pyrrole nitrogens is 1. The third-order valence-electron chi connectivity index (χ3n) is 3.59. The van der Waals surface area contributed by atoms with Crippen LogP contribution in [0.15, 0.2) is 47.4 Å². The number of pyridine rings is 1. The van der Waals surface area contributed by atoms with Crippen LogP contribution in [-0.4, -0.2) is 22.7 Å². The average molecular weight is 328 g/mol. The zero-order chi connectivity index (χ0) is 17.9. The van der Waals surface area contributed by atoms with E-state index in [0.717, 1.165) is 0 Å². The molecule has 2 rings (SSSR count). The van der Waals surface area contributed by atoms with Crippen molar-refractivity contribution in [3.8, 4) is 0 Å². The van der Waals surface area contributed by atoms with Gasteiger partial charge >= 0.3 is 0 Å². The highest BCUT2D eigenvalue weighted by atomic mass is 16.2. The molecule has 8 heteroatoms. The van der Waals surface area contributed by atoms with Gasteiger partial charge in [0.15, 0.2) is 0 Å². The van der Waals surface area contributed by atoms with E-state index in [1.807, 2.05) is 0 Å². The Kier molecular flexibility index (Phi) is 4.78. The summed E-state index contributed by atoms with van der Waals surface area (Å²) in [6.07, 6.45) is 1.43. The number of nitrogens with one attached hydrogen (secondary N) is 1. The molecule has 2 aromatic rings. The SMILES string of the molecule is NC(=O)C(C(N)=O)c1cccc([C@@H](C(N)=O)c2ccc[nH]c2=O)c1. The molecule has 124 valence electrons. The van der Waals surface area contributed by atoms with Gasteiger partial charge in [-0.25, -0.2) is 0 Å². The largest absolute Gasteiger partial charge is 0.369 e. The molecule has 0 aliphatic rings. The lowest BCUT2D eigenvalue weighted by atomic mass is 9.88. The number of carbonyl (C=O) groups excluding carboxylic acids is 3. The maximum Gasteiger partial charge on any atom is 0.252 e. The van der Waals surface area contributed by atoms with Crippen molar-refractivity contribution < 1.29 is 14.4 Å². The molecule has 0 bridgehead atoms. The molecule has 0 spiro atoms. The van der Waals surface area contributed by atoms with Crippen LogP contribution < -0.4 is 22.8 Å². The van der Waals surface area contributed by atoms with Crippen molar-refractivity contribution in [1.82, 2.24) is 4.98 Å². The van der Waals surface area contributed by atoms with Crippen LogP contribution in [0.4, 0.5) is 0 Å². The Balaban J connectivity index is 2.58. The minimum atomic E-state index is -1.34. The van der Waals surface area contributed by atoms with E-state index in [1.54, 1.807) is 12.1 Å². The minimum Gasteiger partial charge on any atom is -0.369 e. The monoisotopic (exact) mass is 328 g/mol. The number of carbonyl (C=O) groups is 3. The summed E-state index contributed by atoms with van der Waals surface area (Å²) in [6.45, 7) is 0. The maximum absolute atomic E-state index is 12.0. The quantitative estimate of drug-likeness (QED) is 0.503. The predicted molar refractivity (Wildman–Crippen MR) is 85.7 cm³/mol. The Labute approximate surface area is 136 Å². The second kappa shape index (κ2) is 6.78. The summed E-state index contributed by atoms with van der Waals surface area (Å²) in [5.74, 6) is -4.96. The first-order chi connectivity index (χ1) is 11.3. The molecule has 0 aliphatic heterocycles. The van der Waals surface area contributed by atoms with Gasteiger partial charge in [-0.2, -0.15) is 0 Å². The summed E-state index contributed by atoms with van der Waals surface area (Å²) >= 11 is 0. The van der Waals surface area contributed by atoms with E-state index in [9.17, 15) is 19.2 Å². The molecule has 1 aromatic heterocycles. The number of nitrogens with two attached hydrogens (primary N) is 3. The van der Waals surface area contributed by atoms with Gasteiger partial charge in [0, 0.05) is 11.8 Å². The van der Waals surface area contributed by atoms with Crippen molar-refractivity contribution in [2.75, 3.05) is 0 Å². The van der Waals surface area contributed by atoms with Crippen LogP contribution >= 0.6 is 0 Å². The van der Waals surface area contributed by atoms with Gasteiger partial charge in [-0.1, -0.05) is 30.3 Å². The molecule has 1 aromatic carbocycles. The first-order valence-corrected chi connectivity index (χ1v) is 6.98. The summed E-state index contributed by atoms with van der Waals surface area (Å²) in [5, 5.41) is 0. The molecule has 0 fully saturated rings. The molecule has 0 saturated heterocycles. The Morgan fingerprint density at radius 2 is 1.50 bits per heavy atom. The number of hydrogen-bond acceptors (Lipinski definition) is 4. The van der Waals surface area contributed by atoms with Crippen molar-refractivity contribution >= 4 is 17.7 Å². The van der Waals surface area contributed by atoms with Crippen LogP contribution in [-0.2, 0) is 14.4 Å². The normalized spacial score (nSPS) is 11.9. The summed E-state index contributed by atoms with van der Waals surface area (Å²) in [6, 6.07) is 9.02. The zero-order valence-electron chi connectivity index (χ0n) is 12.6. The van der Waals surface area contributed by atoms with E-state index < -0.39 is 35.1 Å². The topological polar surface area (TPSA) is 162 Å². The van der Waals surface area contributed by atoms with Gasteiger partial charge < -0.3 is 22.2 Å². The molecule has 0 saturated carbocycles. The Morgan fingerprint density at radius 1 is 0.875 bits per heavy atom. The Morgan fingerprint density at radius 3 is 2.04 bits per heavy atom. The van der Waals surface area contributed by atoms with E-state index >= 15 is 0 Å². The van der Waals surface area contributed by atoms with Crippen molar-refractivity contribution in [3.05, 3.63) is 69.6 Å². The van der Waals surface area contributed by atoms with Crippen LogP contribution in [0.2, 0.25) is 0 Å². The number of rotatable bonds is 6. The summed E-state index contributed by atoms with van der Waals surface area (Å²) in [5.41, 5.74) is 16.1. The van der Waals surface area contributed by atoms with Gasteiger partial charge in [0.05, 0.1) is 5.92 Å². The van der Waals surface area contributed by atoms with Crippen molar-refractivity contribution in [2.45, 2.75) is 11.8 Å². The van der Waals surface area contributed by atoms with Crippen LogP contribution in [0.25, 0.3) is 0 Å². The Bertz CT molecular complexity index is 845. The predicted octanol–water partition coefficient (Wildman–Crippen LogP) is -0.954. The summed E-state index contributed by atoms with van der Waals surface area (Å²) < 4.78 is 0. The number of aromatic nitrogens is 1. The number of aromatic amines is 1. The van der Waals surface area contributed by atoms with E-state index in [2.05, 4.69) is 4.98 Å². The highest BCUT2D eigenvalue weighted by Crippen LogP contribution is 2.25.